The van der Waals surface area contributed by atoms with Crippen LogP contribution < -0.4 is 16.5 Å². The molecule has 0 radical (unpaired) electrons. The number of rotatable bonds is 7. The van der Waals surface area contributed by atoms with Gasteiger partial charge in [-0.05, 0) is 6.42 Å². The maximum Gasteiger partial charge on any atom is 0.245 e. The molecule has 0 heterocycles. The van der Waals surface area contributed by atoms with Crippen LogP contribution in [-0.4, -0.2) is 31.5 Å². The highest BCUT2D eigenvalue weighted by atomic mass is 16.6. The Balaban J connectivity index is 3.22. The Hall–Kier alpha value is -1.14. The first-order chi connectivity index (χ1) is 6.16. The van der Waals surface area contributed by atoms with E-state index in [1.807, 2.05) is 6.92 Å². The SMILES string of the molecule is CCCNC(=O)CNOCC(N)=O. The standard InChI is InChI=1S/C7H15N3O3/c1-2-3-9-7(12)4-10-13-5-6(8)11/h10H,2-5H2,1H3,(H2,8,11)(H,9,12). The van der Waals surface area contributed by atoms with E-state index in [4.69, 9.17) is 5.73 Å². The lowest BCUT2D eigenvalue weighted by Gasteiger charge is -2.04. The molecular weight excluding hydrogens is 174 g/mol. The van der Waals surface area contributed by atoms with Gasteiger partial charge in [-0.15, -0.1) is 0 Å². The molecule has 13 heavy (non-hydrogen) atoms. The molecule has 0 aromatic carbocycles. The lowest BCUT2D eigenvalue weighted by molar-refractivity contribution is -0.129. The van der Waals surface area contributed by atoms with Crippen molar-refractivity contribution in [2.24, 2.45) is 5.73 Å². The van der Waals surface area contributed by atoms with Crippen LogP contribution in [0.4, 0.5) is 0 Å². The third-order valence-electron chi connectivity index (χ3n) is 1.12. The highest BCUT2D eigenvalue weighted by molar-refractivity contribution is 5.78. The lowest BCUT2D eigenvalue weighted by Crippen LogP contribution is -2.35. The zero-order valence-electron chi connectivity index (χ0n) is 7.63. The number of hydrogen-bond donors (Lipinski definition) is 3. The summed E-state index contributed by atoms with van der Waals surface area (Å²) >= 11 is 0. The van der Waals surface area contributed by atoms with Crippen molar-refractivity contribution < 1.29 is 14.4 Å². The molecule has 0 rings (SSSR count). The van der Waals surface area contributed by atoms with Crippen molar-refractivity contribution in [1.82, 2.24) is 10.8 Å². The number of nitrogens with one attached hydrogen (secondary N) is 2. The number of carbonyl (C=O) groups excluding carboxylic acids is 2. The number of amides is 2. The summed E-state index contributed by atoms with van der Waals surface area (Å²) in [5, 5.41) is 2.62. The summed E-state index contributed by atoms with van der Waals surface area (Å²) in [6.45, 7) is 2.38. The summed E-state index contributed by atoms with van der Waals surface area (Å²) in [6.07, 6.45) is 0.883. The van der Waals surface area contributed by atoms with Gasteiger partial charge in [-0.2, -0.15) is 5.48 Å². The summed E-state index contributed by atoms with van der Waals surface area (Å²) < 4.78 is 0. The molecule has 0 aromatic heterocycles. The number of primary amides is 1. The monoisotopic (exact) mass is 189 g/mol. The highest BCUT2D eigenvalue weighted by Crippen LogP contribution is 1.71. The molecule has 0 saturated carbocycles. The Kier molecular flexibility index (Phi) is 6.85. The van der Waals surface area contributed by atoms with Gasteiger partial charge in [0.1, 0.15) is 6.61 Å². The van der Waals surface area contributed by atoms with Crippen molar-refractivity contribution in [3.05, 3.63) is 0 Å². The molecule has 0 aliphatic carbocycles. The molecule has 2 amide bonds. The van der Waals surface area contributed by atoms with E-state index < -0.39 is 5.91 Å². The van der Waals surface area contributed by atoms with Crippen LogP contribution in [0.3, 0.4) is 0 Å². The maximum atomic E-state index is 10.9. The quantitative estimate of drug-likeness (QED) is 0.336. The minimum Gasteiger partial charge on any atom is -0.368 e. The van der Waals surface area contributed by atoms with E-state index in [0.29, 0.717) is 6.54 Å². The van der Waals surface area contributed by atoms with Crippen LogP contribution in [0.15, 0.2) is 0 Å². The topological polar surface area (TPSA) is 93.4 Å². The van der Waals surface area contributed by atoms with Crippen LogP contribution >= 0.6 is 0 Å². The van der Waals surface area contributed by atoms with Crippen molar-refractivity contribution in [2.45, 2.75) is 13.3 Å². The van der Waals surface area contributed by atoms with Gasteiger partial charge in [0, 0.05) is 6.54 Å². The summed E-state index contributed by atoms with van der Waals surface area (Å²) in [4.78, 5) is 25.6. The molecule has 6 heteroatoms. The van der Waals surface area contributed by atoms with Crippen molar-refractivity contribution in [2.75, 3.05) is 19.7 Å². The normalized spacial score (nSPS) is 9.62. The van der Waals surface area contributed by atoms with Crippen LogP contribution in [0.1, 0.15) is 13.3 Å². The van der Waals surface area contributed by atoms with Crippen LogP contribution in [0.5, 0.6) is 0 Å². The number of hydroxylamine groups is 1. The maximum absolute atomic E-state index is 10.9. The summed E-state index contributed by atoms with van der Waals surface area (Å²) in [7, 11) is 0. The zero-order chi connectivity index (χ0) is 10.1. The Morgan fingerprint density at radius 1 is 1.46 bits per heavy atom. The fourth-order valence-electron chi connectivity index (χ4n) is 0.566. The molecule has 0 aromatic rings. The van der Waals surface area contributed by atoms with Crippen molar-refractivity contribution in [3.63, 3.8) is 0 Å². The van der Waals surface area contributed by atoms with Crippen molar-refractivity contribution >= 4 is 11.8 Å². The molecule has 76 valence electrons. The van der Waals surface area contributed by atoms with E-state index in [2.05, 4.69) is 15.6 Å². The Morgan fingerprint density at radius 2 is 2.15 bits per heavy atom. The number of hydrogen-bond acceptors (Lipinski definition) is 4. The van der Waals surface area contributed by atoms with Gasteiger partial charge in [0.25, 0.3) is 0 Å². The molecule has 0 aliphatic heterocycles. The highest BCUT2D eigenvalue weighted by Gasteiger charge is 1.99. The molecule has 6 nitrogen and oxygen atoms in total. The largest absolute Gasteiger partial charge is 0.368 e. The molecule has 0 fully saturated rings. The van der Waals surface area contributed by atoms with Crippen LogP contribution in [0.2, 0.25) is 0 Å². The summed E-state index contributed by atoms with van der Waals surface area (Å²) in [5.74, 6) is -0.757. The summed E-state index contributed by atoms with van der Waals surface area (Å²) in [6, 6.07) is 0. The van der Waals surface area contributed by atoms with E-state index in [0.717, 1.165) is 6.42 Å². The van der Waals surface area contributed by atoms with E-state index in [1.54, 1.807) is 0 Å². The predicted molar refractivity (Wildman–Crippen MR) is 46.4 cm³/mol. The van der Waals surface area contributed by atoms with Gasteiger partial charge in [0.05, 0.1) is 6.54 Å². The second-order valence-corrected chi connectivity index (χ2v) is 2.43. The molecule has 0 aliphatic rings. The first kappa shape index (κ1) is 11.9. The summed E-state index contributed by atoms with van der Waals surface area (Å²) in [5.41, 5.74) is 7.10. The van der Waals surface area contributed by atoms with Crippen molar-refractivity contribution in [3.8, 4) is 0 Å². The van der Waals surface area contributed by atoms with Gasteiger partial charge in [-0.3, -0.25) is 14.4 Å². The Bertz CT molecular complexity index is 172. The van der Waals surface area contributed by atoms with E-state index >= 15 is 0 Å². The molecular formula is C7H15N3O3. The van der Waals surface area contributed by atoms with E-state index in [1.165, 1.54) is 0 Å². The van der Waals surface area contributed by atoms with Crippen LogP contribution in [0, 0.1) is 0 Å². The van der Waals surface area contributed by atoms with Gasteiger partial charge in [0.2, 0.25) is 11.8 Å². The minimum atomic E-state index is -0.582. The Labute approximate surface area is 76.8 Å². The smallest absolute Gasteiger partial charge is 0.245 e. The average molecular weight is 189 g/mol. The molecule has 0 atom stereocenters. The third-order valence-corrected chi connectivity index (χ3v) is 1.12. The van der Waals surface area contributed by atoms with Gasteiger partial charge in [-0.25, -0.2) is 0 Å². The van der Waals surface area contributed by atoms with Gasteiger partial charge in [0.15, 0.2) is 0 Å². The van der Waals surface area contributed by atoms with Gasteiger partial charge < -0.3 is 11.1 Å². The number of nitrogens with two attached hydrogens (primary N) is 1. The predicted octanol–water partition coefficient (Wildman–Crippen LogP) is -1.48. The number of carbonyl (C=O) groups is 2. The fraction of sp³-hybridized carbons (Fsp3) is 0.714. The second kappa shape index (κ2) is 7.51. The molecule has 0 unspecified atom stereocenters. The molecule has 4 N–H and O–H groups in total. The molecule has 0 bridgehead atoms. The first-order valence-electron chi connectivity index (χ1n) is 4.06. The Morgan fingerprint density at radius 3 is 2.69 bits per heavy atom. The van der Waals surface area contributed by atoms with E-state index in [-0.39, 0.29) is 19.1 Å². The third kappa shape index (κ3) is 8.77. The minimum absolute atomic E-state index is 0.0211. The lowest BCUT2D eigenvalue weighted by atomic mass is 10.4. The van der Waals surface area contributed by atoms with Gasteiger partial charge in [-0.1, -0.05) is 6.92 Å². The second-order valence-electron chi connectivity index (χ2n) is 2.43. The van der Waals surface area contributed by atoms with E-state index in [9.17, 15) is 9.59 Å². The fourth-order valence-corrected chi connectivity index (χ4v) is 0.566. The van der Waals surface area contributed by atoms with Crippen LogP contribution in [-0.2, 0) is 14.4 Å². The molecule has 0 saturated heterocycles. The van der Waals surface area contributed by atoms with Crippen LogP contribution in [0.25, 0.3) is 0 Å². The van der Waals surface area contributed by atoms with Gasteiger partial charge >= 0.3 is 0 Å². The first-order valence-corrected chi connectivity index (χ1v) is 4.06. The zero-order valence-corrected chi connectivity index (χ0v) is 7.63. The van der Waals surface area contributed by atoms with Crippen molar-refractivity contribution in [1.29, 1.82) is 0 Å². The molecule has 0 spiro atoms. The average Bonchev–Trinajstić information content (AvgIpc) is 2.08.